The van der Waals surface area contributed by atoms with Crippen molar-refractivity contribution < 1.29 is 4.39 Å². The highest BCUT2D eigenvalue weighted by Gasteiger charge is 2.33. The van der Waals surface area contributed by atoms with Gasteiger partial charge in [0.2, 0.25) is 0 Å². The molecule has 1 aromatic rings. The molecule has 0 saturated carbocycles. The van der Waals surface area contributed by atoms with Crippen molar-refractivity contribution in [2.45, 2.75) is 18.4 Å². The largest absolute Gasteiger partial charge is 0.328 e. The number of hydrogen-bond acceptors (Lipinski definition) is 2. The normalized spacial score (nSPS) is 26.7. The van der Waals surface area contributed by atoms with Gasteiger partial charge in [0.25, 0.3) is 0 Å². The van der Waals surface area contributed by atoms with Gasteiger partial charge in [-0.05, 0) is 37.1 Å². The first-order valence-corrected chi connectivity index (χ1v) is 4.98. The Bertz CT molecular complexity index is 302. The van der Waals surface area contributed by atoms with Crippen LogP contribution in [0, 0.1) is 5.82 Å². The third-order valence-corrected chi connectivity index (χ3v) is 2.99. The zero-order valence-corrected chi connectivity index (χ0v) is 8.09. The first kappa shape index (κ1) is 9.62. The van der Waals surface area contributed by atoms with Crippen molar-refractivity contribution in [3.63, 3.8) is 0 Å². The average molecular weight is 194 g/mol. The van der Waals surface area contributed by atoms with E-state index in [9.17, 15) is 4.39 Å². The van der Waals surface area contributed by atoms with Gasteiger partial charge in [0.1, 0.15) is 5.82 Å². The summed E-state index contributed by atoms with van der Waals surface area (Å²) in [6, 6.07) is 6.63. The summed E-state index contributed by atoms with van der Waals surface area (Å²) in [6.45, 7) is 1.56. The van der Waals surface area contributed by atoms with Crippen LogP contribution in [0.5, 0.6) is 0 Å². The van der Waals surface area contributed by atoms with Crippen molar-refractivity contribution in [1.29, 1.82) is 0 Å². The van der Waals surface area contributed by atoms with E-state index < -0.39 is 0 Å². The molecule has 0 bridgehead atoms. The number of hydrogen-bond donors (Lipinski definition) is 2. The highest BCUT2D eigenvalue weighted by Crippen LogP contribution is 2.29. The van der Waals surface area contributed by atoms with E-state index in [0.717, 1.165) is 24.9 Å². The van der Waals surface area contributed by atoms with E-state index in [-0.39, 0.29) is 11.4 Å². The zero-order chi connectivity index (χ0) is 10.0. The SMILES string of the molecule is NCC1(c2ccc(F)cc2)CCCN1. The van der Waals surface area contributed by atoms with E-state index in [1.54, 1.807) is 0 Å². The lowest BCUT2D eigenvalue weighted by molar-refractivity contribution is 0.401. The molecule has 1 fully saturated rings. The van der Waals surface area contributed by atoms with Crippen molar-refractivity contribution in [2.75, 3.05) is 13.1 Å². The van der Waals surface area contributed by atoms with Gasteiger partial charge in [-0.15, -0.1) is 0 Å². The highest BCUT2D eigenvalue weighted by molar-refractivity contribution is 5.26. The zero-order valence-electron chi connectivity index (χ0n) is 8.09. The third kappa shape index (κ3) is 1.53. The van der Waals surface area contributed by atoms with Crippen LogP contribution in [0.1, 0.15) is 18.4 Å². The van der Waals surface area contributed by atoms with Crippen LogP contribution in [-0.2, 0) is 5.54 Å². The van der Waals surface area contributed by atoms with Gasteiger partial charge in [-0.1, -0.05) is 12.1 Å². The van der Waals surface area contributed by atoms with E-state index in [0.29, 0.717) is 6.54 Å². The van der Waals surface area contributed by atoms with Crippen molar-refractivity contribution in [2.24, 2.45) is 5.73 Å². The Hall–Kier alpha value is -0.930. The Balaban J connectivity index is 2.31. The third-order valence-electron chi connectivity index (χ3n) is 2.99. The number of rotatable bonds is 2. The van der Waals surface area contributed by atoms with Gasteiger partial charge >= 0.3 is 0 Å². The van der Waals surface area contributed by atoms with Gasteiger partial charge in [-0.25, -0.2) is 4.39 Å². The van der Waals surface area contributed by atoms with Crippen LogP contribution >= 0.6 is 0 Å². The molecule has 0 spiro atoms. The summed E-state index contributed by atoms with van der Waals surface area (Å²) >= 11 is 0. The summed E-state index contributed by atoms with van der Waals surface area (Å²) in [6.07, 6.45) is 2.17. The summed E-state index contributed by atoms with van der Waals surface area (Å²) < 4.78 is 12.8. The standard InChI is InChI=1S/C11H15FN2/c12-10-4-2-9(3-5-10)11(8-13)6-1-7-14-11/h2-5,14H,1,6-8,13H2. The first-order chi connectivity index (χ1) is 6.77. The molecule has 0 amide bonds. The van der Waals surface area contributed by atoms with Gasteiger partial charge < -0.3 is 11.1 Å². The summed E-state index contributed by atoms with van der Waals surface area (Å²) in [5.74, 6) is -0.195. The molecule has 2 rings (SSSR count). The Morgan fingerprint density at radius 3 is 2.57 bits per heavy atom. The molecule has 14 heavy (non-hydrogen) atoms. The molecule has 2 nitrogen and oxygen atoms in total. The van der Waals surface area contributed by atoms with Gasteiger partial charge in [0.05, 0.1) is 5.54 Å². The topological polar surface area (TPSA) is 38.0 Å². The summed E-state index contributed by atoms with van der Waals surface area (Å²) in [7, 11) is 0. The van der Waals surface area contributed by atoms with E-state index in [4.69, 9.17) is 5.73 Å². The monoisotopic (exact) mass is 194 g/mol. The molecule has 1 heterocycles. The molecule has 1 unspecified atom stereocenters. The molecule has 1 saturated heterocycles. The molecule has 1 aliphatic heterocycles. The minimum absolute atomic E-state index is 0.117. The van der Waals surface area contributed by atoms with Crippen molar-refractivity contribution in [3.8, 4) is 0 Å². The molecule has 3 heteroatoms. The molecule has 3 N–H and O–H groups in total. The Kier molecular flexibility index (Phi) is 2.52. The smallest absolute Gasteiger partial charge is 0.123 e. The molecule has 0 aliphatic carbocycles. The van der Waals surface area contributed by atoms with Crippen LogP contribution in [0.25, 0.3) is 0 Å². The number of benzene rings is 1. The maximum atomic E-state index is 12.8. The van der Waals surface area contributed by atoms with Crippen LogP contribution in [0.15, 0.2) is 24.3 Å². The molecule has 1 atom stereocenters. The second-order valence-corrected chi connectivity index (χ2v) is 3.82. The van der Waals surface area contributed by atoms with E-state index in [2.05, 4.69) is 5.32 Å². The lowest BCUT2D eigenvalue weighted by atomic mass is 9.88. The van der Waals surface area contributed by atoms with Crippen LogP contribution < -0.4 is 11.1 Å². The fraction of sp³-hybridized carbons (Fsp3) is 0.455. The van der Waals surface area contributed by atoms with Crippen molar-refractivity contribution in [1.82, 2.24) is 5.32 Å². The predicted octanol–water partition coefficient (Wildman–Crippen LogP) is 1.36. The van der Waals surface area contributed by atoms with Gasteiger partial charge in [0.15, 0.2) is 0 Å². The lowest BCUT2D eigenvalue weighted by Gasteiger charge is -2.28. The van der Waals surface area contributed by atoms with Crippen LogP contribution in [0.4, 0.5) is 4.39 Å². The fourth-order valence-electron chi connectivity index (χ4n) is 2.11. The summed E-state index contributed by atoms with van der Waals surface area (Å²) in [4.78, 5) is 0. The maximum Gasteiger partial charge on any atom is 0.123 e. The quantitative estimate of drug-likeness (QED) is 0.746. The number of nitrogens with two attached hydrogens (primary N) is 1. The summed E-state index contributed by atoms with van der Waals surface area (Å²) in [5, 5.41) is 3.41. The minimum atomic E-state index is -0.195. The second-order valence-electron chi connectivity index (χ2n) is 3.82. The molecule has 0 aromatic heterocycles. The van der Waals surface area contributed by atoms with Crippen molar-refractivity contribution >= 4 is 0 Å². The van der Waals surface area contributed by atoms with E-state index >= 15 is 0 Å². The second kappa shape index (κ2) is 3.67. The molecule has 1 aliphatic rings. The summed E-state index contributed by atoms with van der Waals surface area (Å²) in [5.41, 5.74) is 6.76. The van der Waals surface area contributed by atoms with Gasteiger partial charge in [-0.3, -0.25) is 0 Å². The average Bonchev–Trinajstić information content (AvgIpc) is 2.68. The van der Waals surface area contributed by atoms with E-state index in [1.165, 1.54) is 12.1 Å². The molecule has 1 aromatic carbocycles. The van der Waals surface area contributed by atoms with Crippen LogP contribution in [0.3, 0.4) is 0 Å². The molecule has 0 radical (unpaired) electrons. The molecular formula is C11H15FN2. The first-order valence-electron chi connectivity index (χ1n) is 4.98. The van der Waals surface area contributed by atoms with Crippen LogP contribution in [-0.4, -0.2) is 13.1 Å². The Morgan fingerprint density at radius 1 is 1.36 bits per heavy atom. The number of halogens is 1. The highest BCUT2D eigenvalue weighted by atomic mass is 19.1. The minimum Gasteiger partial charge on any atom is -0.328 e. The lowest BCUT2D eigenvalue weighted by Crippen LogP contribution is -2.43. The Labute approximate surface area is 83.3 Å². The van der Waals surface area contributed by atoms with Crippen LogP contribution in [0.2, 0.25) is 0 Å². The van der Waals surface area contributed by atoms with Crippen molar-refractivity contribution in [3.05, 3.63) is 35.6 Å². The Morgan fingerprint density at radius 2 is 2.07 bits per heavy atom. The number of nitrogens with one attached hydrogen (secondary N) is 1. The molecule has 76 valence electrons. The predicted molar refractivity (Wildman–Crippen MR) is 54.4 cm³/mol. The fourth-order valence-corrected chi connectivity index (χ4v) is 2.11. The van der Waals surface area contributed by atoms with Gasteiger partial charge in [-0.2, -0.15) is 0 Å². The van der Waals surface area contributed by atoms with Gasteiger partial charge in [0, 0.05) is 6.54 Å². The molecular weight excluding hydrogens is 179 g/mol. The maximum absolute atomic E-state index is 12.8. The van der Waals surface area contributed by atoms with E-state index in [1.807, 2.05) is 12.1 Å².